The van der Waals surface area contributed by atoms with Crippen molar-refractivity contribution in [2.75, 3.05) is 58.4 Å². The lowest BCUT2D eigenvalue weighted by Gasteiger charge is -2.37. The van der Waals surface area contributed by atoms with E-state index in [1.807, 2.05) is 12.1 Å². The number of hydrogen-bond acceptors (Lipinski definition) is 5. The van der Waals surface area contributed by atoms with Crippen LogP contribution in [0.15, 0.2) is 24.3 Å². The Morgan fingerprint density at radius 2 is 1.75 bits per heavy atom. The summed E-state index contributed by atoms with van der Waals surface area (Å²) in [6.45, 7) is 5.66. The first-order valence-corrected chi connectivity index (χ1v) is 7.11. The van der Waals surface area contributed by atoms with Gasteiger partial charge in [0, 0.05) is 52.1 Å². The molecule has 5 heteroatoms. The Bertz CT molecular complexity index is 385. The molecule has 2 rings (SSSR count). The van der Waals surface area contributed by atoms with Gasteiger partial charge in [-0.2, -0.15) is 0 Å². The molecular formula is C15H25N3O2. The number of nitrogens with two attached hydrogens (primary N) is 1. The second-order valence-corrected chi connectivity index (χ2v) is 5.08. The van der Waals surface area contributed by atoms with Crippen LogP contribution in [0.5, 0.6) is 5.75 Å². The molecule has 0 saturated carbocycles. The largest absolute Gasteiger partial charge is 0.497 e. The van der Waals surface area contributed by atoms with E-state index in [9.17, 15) is 0 Å². The molecule has 1 unspecified atom stereocenters. The van der Waals surface area contributed by atoms with Crippen LogP contribution in [-0.4, -0.2) is 64.5 Å². The van der Waals surface area contributed by atoms with Gasteiger partial charge in [0.15, 0.2) is 0 Å². The van der Waals surface area contributed by atoms with Crippen LogP contribution in [0.3, 0.4) is 0 Å². The lowest BCUT2D eigenvalue weighted by atomic mass is 10.2. The molecule has 0 bridgehead atoms. The van der Waals surface area contributed by atoms with E-state index in [2.05, 4.69) is 21.9 Å². The van der Waals surface area contributed by atoms with Gasteiger partial charge in [0.05, 0.1) is 13.2 Å². The average Bonchev–Trinajstić information content (AvgIpc) is 2.53. The van der Waals surface area contributed by atoms with Crippen molar-refractivity contribution in [1.29, 1.82) is 0 Å². The van der Waals surface area contributed by atoms with Crippen molar-refractivity contribution in [3.63, 3.8) is 0 Å². The third-order valence-electron chi connectivity index (χ3n) is 3.87. The van der Waals surface area contributed by atoms with Gasteiger partial charge in [-0.1, -0.05) is 0 Å². The summed E-state index contributed by atoms with van der Waals surface area (Å²) in [5.74, 6) is 0.901. The van der Waals surface area contributed by atoms with Crippen LogP contribution in [0.2, 0.25) is 0 Å². The van der Waals surface area contributed by atoms with Crippen LogP contribution in [-0.2, 0) is 4.74 Å². The third kappa shape index (κ3) is 3.85. The SMILES string of the molecule is COc1ccc(N2CCN(CC(CN)OC)CC2)cc1. The molecule has 1 aliphatic heterocycles. The molecule has 1 atom stereocenters. The van der Waals surface area contributed by atoms with Crippen molar-refractivity contribution in [2.24, 2.45) is 5.73 Å². The second kappa shape index (κ2) is 7.47. The van der Waals surface area contributed by atoms with Gasteiger partial charge in [-0.25, -0.2) is 0 Å². The molecule has 1 saturated heterocycles. The third-order valence-corrected chi connectivity index (χ3v) is 3.87. The van der Waals surface area contributed by atoms with E-state index >= 15 is 0 Å². The summed E-state index contributed by atoms with van der Waals surface area (Å²) in [5.41, 5.74) is 6.93. The topological polar surface area (TPSA) is 51.0 Å². The number of nitrogens with zero attached hydrogens (tertiary/aromatic N) is 2. The number of ether oxygens (including phenoxy) is 2. The number of hydrogen-bond donors (Lipinski definition) is 1. The molecule has 1 aliphatic rings. The molecule has 0 spiro atoms. The minimum atomic E-state index is 0.141. The van der Waals surface area contributed by atoms with Crippen molar-refractivity contribution >= 4 is 5.69 Å². The number of methoxy groups -OCH3 is 2. The van der Waals surface area contributed by atoms with Gasteiger partial charge in [-0.3, -0.25) is 4.90 Å². The molecule has 1 fully saturated rings. The highest BCUT2D eigenvalue weighted by Gasteiger charge is 2.19. The zero-order valence-corrected chi connectivity index (χ0v) is 12.4. The highest BCUT2D eigenvalue weighted by molar-refractivity contribution is 5.49. The van der Waals surface area contributed by atoms with E-state index in [1.165, 1.54) is 5.69 Å². The summed E-state index contributed by atoms with van der Waals surface area (Å²) in [7, 11) is 3.42. The number of piperazine rings is 1. The molecule has 1 aromatic rings. The first-order valence-electron chi connectivity index (χ1n) is 7.11. The molecule has 20 heavy (non-hydrogen) atoms. The van der Waals surface area contributed by atoms with E-state index in [0.29, 0.717) is 6.54 Å². The maximum absolute atomic E-state index is 5.67. The van der Waals surface area contributed by atoms with Gasteiger partial charge in [-0.15, -0.1) is 0 Å². The first kappa shape index (κ1) is 15.1. The molecule has 1 heterocycles. The molecule has 1 aromatic carbocycles. The van der Waals surface area contributed by atoms with Gasteiger partial charge in [0.1, 0.15) is 5.75 Å². The fourth-order valence-corrected chi connectivity index (χ4v) is 2.51. The van der Waals surface area contributed by atoms with Crippen LogP contribution < -0.4 is 15.4 Å². The fraction of sp³-hybridized carbons (Fsp3) is 0.600. The van der Waals surface area contributed by atoms with Crippen molar-refractivity contribution in [3.05, 3.63) is 24.3 Å². The zero-order chi connectivity index (χ0) is 14.4. The fourth-order valence-electron chi connectivity index (χ4n) is 2.51. The van der Waals surface area contributed by atoms with E-state index in [1.54, 1.807) is 14.2 Å². The summed E-state index contributed by atoms with van der Waals surface area (Å²) in [4.78, 5) is 4.82. The Morgan fingerprint density at radius 1 is 1.10 bits per heavy atom. The quantitative estimate of drug-likeness (QED) is 0.834. The first-order chi connectivity index (χ1) is 9.76. The smallest absolute Gasteiger partial charge is 0.119 e. The zero-order valence-electron chi connectivity index (χ0n) is 12.4. The Hall–Kier alpha value is -1.30. The summed E-state index contributed by atoms with van der Waals surface area (Å²) < 4.78 is 10.5. The Balaban J connectivity index is 1.84. The van der Waals surface area contributed by atoms with Crippen LogP contribution in [0.4, 0.5) is 5.69 Å². The van der Waals surface area contributed by atoms with Crippen molar-refractivity contribution in [2.45, 2.75) is 6.10 Å². The minimum absolute atomic E-state index is 0.141. The van der Waals surface area contributed by atoms with E-state index < -0.39 is 0 Å². The van der Waals surface area contributed by atoms with Crippen LogP contribution in [0.25, 0.3) is 0 Å². The van der Waals surface area contributed by atoms with Crippen molar-refractivity contribution in [1.82, 2.24) is 4.90 Å². The minimum Gasteiger partial charge on any atom is -0.497 e. The second-order valence-electron chi connectivity index (χ2n) is 5.08. The molecule has 0 aliphatic carbocycles. The Morgan fingerprint density at radius 3 is 2.25 bits per heavy atom. The monoisotopic (exact) mass is 279 g/mol. The standard InChI is InChI=1S/C15H25N3O2/c1-19-14-5-3-13(4-6-14)18-9-7-17(8-10-18)12-15(11-16)20-2/h3-6,15H,7-12,16H2,1-2H3. The lowest BCUT2D eigenvalue weighted by molar-refractivity contribution is 0.0679. The maximum atomic E-state index is 5.67. The normalized spacial score (nSPS) is 18.1. The molecule has 0 amide bonds. The average molecular weight is 279 g/mol. The molecule has 5 nitrogen and oxygen atoms in total. The lowest BCUT2D eigenvalue weighted by Crippen LogP contribution is -2.49. The summed E-state index contributed by atoms with van der Waals surface area (Å²) >= 11 is 0. The highest BCUT2D eigenvalue weighted by Crippen LogP contribution is 2.20. The summed E-state index contributed by atoms with van der Waals surface area (Å²) in [6.07, 6.45) is 0.141. The van der Waals surface area contributed by atoms with Gasteiger partial charge in [-0.05, 0) is 24.3 Å². The highest BCUT2D eigenvalue weighted by atomic mass is 16.5. The summed E-state index contributed by atoms with van der Waals surface area (Å²) in [5, 5.41) is 0. The number of anilines is 1. The van der Waals surface area contributed by atoms with Gasteiger partial charge < -0.3 is 20.1 Å². The van der Waals surface area contributed by atoms with Crippen molar-refractivity contribution in [3.8, 4) is 5.75 Å². The Kier molecular flexibility index (Phi) is 5.64. The van der Waals surface area contributed by atoms with E-state index in [-0.39, 0.29) is 6.10 Å². The van der Waals surface area contributed by atoms with E-state index in [4.69, 9.17) is 15.2 Å². The molecule has 2 N–H and O–H groups in total. The predicted molar refractivity (Wildman–Crippen MR) is 81.5 cm³/mol. The van der Waals surface area contributed by atoms with Gasteiger partial charge in [0.2, 0.25) is 0 Å². The Labute approximate surface area is 121 Å². The summed E-state index contributed by atoms with van der Waals surface area (Å²) in [6, 6.07) is 8.26. The number of benzene rings is 1. The maximum Gasteiger partial charge on any atom is 0.119 e. The molecular weight excluding hydrogens is 254 g/mol. The van der Waals surface area contributed by atoms with E-state index in [0.717, 1.165) is 38.5 Å². The van der Waals surface area contributed by atoms with Crippen molar-refractivity contribution < 1.29 is 9.47 Å². The predicted octanol–water partition coefficient (Wildman–Crippen LogP) is 0.791. The van der Waals surface area contributed by atoms with Crippen LogP contribution >= 0.6 is 0 Å². The molecule has 112 valence electrons. The molecule has 0 aromatic heterocycles. The van der Waals surface area contributed by atoms with Gasteiger partial charge in [0.25, 0.3) is 0 Å². The van der Waals surface area contributed by atoms with Crippen LogP contribution in [0.1, 0.15) is 0 Å². The number of rotatable bonds is 6. The van der Waals surface area contributed by atoms with Crippen LogP contribution in [0, 0.1) is 0 Å². The van der Waals surface area contributed by atoms with Gasteiger partial charge >= 0.3 is 0 Å². The molecule has 0 radical (unpaired) electrons.